The lowest BCUT2D eigenvalue weighted by molar-refractivity contribution is -0.135. The topological polar surface area (TPSA) is 61.9 Å². The van der Waals surface area contributed by atoms with E-state index in [9.17, 15) is 9.59 Å². The van der Waals surface area contributed by atoms with Gasteiger partial charge in [-0.1, -0.05) is 41.9 Å². The highest BCUT2D eigenvalue weighted by Gasteiger charge is 2.33. The average molecular weight is 496 g/mol. The molecule has 2 heterocycles. The molecule has 8 heteroatoms. The highest BCUT2D eigenvalue weighted by atomic mass is 35.5. The third-order valence-electron chi connectivity index (χ3n) is 5.60. The van der Waals surface area contributed by atoms with Crippen LogP contribution in [0.15, 0.2) is 78.7 Å². The van der Waals surface area contributed by atoms with E-state index >= 15 is 0 Å². The van der Waals surface area contributed by atoms with Crippen LogP contribution in [-0.2, 0) is 11.2 Å². The second-order valence-electron chi connectivity index (χ2n) is 7.89. The molecule has 1 aromatic heterocycles. The highest BCUT2D eigenvalue weighted by Crippen LogP contribution is 2.34. The molecule has 0 fully saturated rings. The van der Waals surface area contributed by atoms with Crippen molar-refractivity contribution in [2.45, 2.75) is 12.5 Å². The third kappa shape index (κ3) is 5.79. The van der Waals surface area contributed by atoms with Gasteiger partial charge in [-0.25, -0.2) is 4.79 Å². The maximum atomic E-state index is 13.4. The molecule has 1 N–H and O–H groups in total. The van der Waals surface area contributed by atoms with Crippen LogP contribution in [0.25, 0.3) is 0 Å². The van der Waals surface area contributed by atoms with Crippen molar-refractivity contribution < 1.29 is 14.3 Å². The SMILES string of the molecule is C=CCN(CC(=O)N1CCc2sccc2[C@H]1COc1ccccc1)C(=O)Nc1cccc(Cl)c1. The van der Waals surface area contributed by atoms with E-state index in [0.29, 0.717) is 23.9 Å². The van der Waals surface area contributed by atoms with Crippen LogP contribution < -0.4 is 10.1 Å². The molecule has 0 bridgehead atoms. The first kappa shape index (κ1) is 23.9. The molecule has 1 aliphatic rings. The Morgan fingerprint density at radius 1 is 1.21 bits per heavy atom. The second kappa shape index (κ2) is 11.2. The summed E-state index contributed by atoms with van der Waals surface area (Å²) in [6.45, 7) is 4.82. The Kier molecular flexibility index (Phi) is 7.87. The van der Waals surface area contributed by atoms with E-state index in [4.69, 9.17) is 16.3 Å². The zero-order chi connectivity index (χ0) is 23.9. The molecule has 0 saturated carbocycles. The lowest BCUT2D eigenvalue weighted by atomic mass is 10.0. The average Bonchev–Trinajstić information content (AvgIpc) is 3.32. The zero-order valence-electron chi connectivity index (χ0n) is 18.7. The van der Waals surface area contributed by atoms with Gasteiger partial charge < -0.3 is 19.9 Å². The number of amides is 3. The second-order valence-corrected chi connectivity index (χ2v) is 9.32. The summed E-state index contributed by atoms with van der Waals surface area (Å²) in [4.78, 5) is 30.9. The van der Waals surface area contributed by atoms with Crippen LogP contribution in [0.2, 0.25) is 5.02 Å². The molecule has 4 rings (SSSR count). The minimum Gasteiger partial charge on any atom is -0.491 e. The fourth-order valence-electron chi connectivity index (χ4n) is 3.96. The Morgan fingerprint density at radius 3 is 2.79 bits per heavy atom. The summed E-state index contributed by atoms with van der Waals surface area (Å²) in [5.74, 6) is 0.619. The van der Waals surface area contributed by atoms with Crippen LogP contribution in [0.4, 0.5) is 10.5 Å². The van der Waals surface area contributed by atoms with E-state index in [2.05, 4.69) is 23.3 Å². The first-order valence-electron chi connectivity index (χ1n) is 11.0. The maximum Gasteiger partial charge on any atom is 0.322 e. The molecule has 0 saturated heterocycles. The van der Waals surface area contributed by atoms with Crippen LogP contribution in [0.5, 0.6) is 5.75 Å². The number of hydrogen-bond donors (Lipinski definition) is 1. The van der Waals surface area contributed by atoms with E-state index in [1.165, 1.54) is 9.78 Å². The van der Waals surface area contributed by atoms with Gasteiger partial charge in [0.05, 0.1) is 6.04 Å². The van der Waals surface area contributed by atoms with Crippen LogP contribution in [0, 0.1) is 0 Å². The van der Waals surface area contributed by atoms with E-state index in [1.807, 2.05) is 35.2 Å². The van der Waals surface area contributed by atoms with E-state index in [1.54, 1.807) is 41.7 Å². The number of para-hydroxylation sites is 1. The van der Waals surface area contributed by atoms with Gasteiger partial charge in [0.25, 0.3) is 0 Å². The Labute approximate surface area is 208 Å². The lowest BCUT2D eigenvalue weighted by Gasteiger charge is -2.37. The molecule has 1 atom stereocenters. The Balaban J connectivity index is 1.48. The Bertz CT molecular complexity index is 1150. The molecule has 3 amide bonds. The van der Waals surface area contributed by atoms with Gasteiger partial charge in [0.1, 0.15) is 18.9 Å². The maximum absolute atomic E-state index is 13.4. The number of urea groups is 1. The Morgan fingerprint density at radius 2 is 2.03 bits per heavy atom. The zero-order valence-corrected chi connectivity index (χ0v) is 20.2. The number of carbonyl (C=O) groups excluding carboxylic acids is 2. The molecule has 34 heavy (non-hydrogen) atoms. The summed E-state index contributed by atoms with van der Waals surface area (Å²) in [5.41, 5.74) is 1.67. The molecule has 0 unspecified atom stereocenters. The molecular weight excluding hydrogens is 470 g/mol. The Hall–Kier alpha value is -3.29. The van der Waals surface area contributed by atoms with Crippen LogP contribution in [0.1, 0.15) is 16.5 Å². The van der Waals surface area contributed by atoms with Crippen molar-refractivity contribution in [1.29, 1.82) is 0 Å². The van der Waals surface area contributed by atoms with E-state index in [-0.39, 0.29) is 31.1 Å². The van der Waals surface area contributed by atoms with Crippen molar-refractivity contribution >= 4 is 40.6 Å². The van der Waals surface area contributed by atoms with Crippen LogP contribution >= 0.6 is 22.9 Å². The van der Waals surface area contributed by atoms with Crippen molar-refractivity contribution in [3.8, 4) is 5.75 Å². The number of nitrogens with one attached hydrogen (secondary N) is 1. The van der Waals surface area contributed by atoms with Gasteiger partial charge in [-0.3, -0.25) is 4.79 Å². The summed E-state index contributed by atoms with van der Waals surface area (Å²) >= 11 is 7.73. The molecule has 6 nitrogen and oxygen atoms in total. The molecule has 0 spiro atoms. The number of anilines is 1. The molecule has 0 radical (unpaired) electrons. The van der Waals surface area contributed by atoms with Gasteiger partial charge in [0.2, 0.25) is 5.91 Å². The summed E-state index contributed by atoms with van der Waals surface area (Å²) in [5, 5.41) is 5.38. The fraction of sp³-hybridized carbons (Fsp3) is 0.231. The number of thiophene rings is 1. The van der Waals surface area contributed by atoms with Gasteiger partial charge in [-0.05, 0) is 53.8 Å². The van der Waals surface area contributed by atoms with Crippen molar-refractivity contribution in [3.63, 3.8) is 0 Å². The number of ether oxygens (including phenoxy) is 1. The standard InChI is InChI=1S/C26H26ClN3O3S/c1-2-13-29(26(32)28-20-8-6-7-19(27)16-20)17-25(31)30-14-11-24-22(12-15-34-24)23(30)18-33-21-9-4-3-5-10-21/h2-10,12,15-16,23H,1,11,13-14,17-18H2,(H,28,32)/t23-/m1/s1. The number of carbonyl (C=O) groups is 2. The number of rotatable bonds is 8. The number of hydrogen-bond acceptors (Lipinski definition) is 4. The molecule has 2 aromatic carbocycles. The summed E-state index contributed by atoms with van der Waals surface area (Å²) in [6.07, 6.45) is 2.39. The minimum atomic E-state index is -0.388. The number of benzene rings is 2. The molecule has 0 aliphatic carbocycles. The van der Waals surface area contributed by atoms with Crippen molar-refractivity contribution in [3.05, 3.63) is 94.2 Å². The molecule has 176 valence electrons. The number of halogens is 1. The third-order valence-corrected chi connectivity index (χ3v) is 6.84. The smallest absolute Gasteiger partial charge is 0.322 e. The van der Waals surface area contributed by atoms with Crippen molar-refractivity contribution in [1.82, 2.24) is 9.80 Å². The monoisotopic (exact) mass is 495 g/mol. The van der Waals surface area contributed by atoms with Crippen molar-refractivity contribution in [2.75, 3.05) is 31.6 Å². The van der Waals surface area contributed by atoms with Crippen LogP contribution in [-0.4, -0.2) is 48.0 Å². The summed E-state index contributed by atoms with van der Waals surface area (Å²) < 4.78 is 6.03. The predicted octanol–water partition coefficient (Wildman–Crippen LogP) is 5.63. The van der Waals surface area contributed by atoms with Gasteiger partial charge in [-0.15, -0.1) is 17.9 Å². The first-order valence-corrected chi connectivity index (χ1v) is 12.3. The summed E-state index contributed by atoms with van der Waals surface area (Å²) in [6, 6.07) is 17.9. The minimum absolute atomic E-state index is 0.0697. The first-order chi connectivity index (χ1) is 16.5. The predicted molar refractivity (Wildman–Crippen MR) is 137 cm³/mol. The molecule has 1 aliphatic heterocycles. The van der Waals surface area contributed by atoms with Gasteiger partial charge >= 0.3 is 6.03 Å². The van der Waals surface area contributed by atoms with Crippen LogP contribution in [0.3, 0.4) is 0 Å². The molecule has 3 aromatic rings. The summed E-state index contributed by atoms with van der Waals surface area (Å²) in [7, 11) is 0. The fourth-order valence-corrected chi connectivity index (χ4v) is 5.08. The van der Waals surface area contributed by atoms with Gasteiger partial charge in [0, 0.05) is 28.7 Å². The van der Waals surface area contributed by atoms with Gasteiger partial charge in [0.15, 0.2) is 0 Å². The van der Waals surface area contributed by atoms with Gasteiger partial charge in [-0.2, -0.15) is 0 Å². The van der Waals surface area contributed by atoms with E-state index in [0.717, 1.165) is 17.7 Å². The molecular formula is C26H26ClN3O3S. The van der Waals surface area contributed by atoms with E-state index < -0.39 is 0 Å². The quantitative estimate of drug-likeness (QED) is 0.412. The highest BCUT2D eigenvalue weighted by molar-refractivity contribution is 7.10. The van der Waals surface area contributed by atoms with Crippen molar-refractivity contribution in [2.24, 2.45) is 0 Å². The lowest BCUT2D eigenvalue weighted by Crippen LogP contribution is -2.48. The normalized spacial score (nSPS) is 14.7. The number of fused-ring (bicyclic) bond motifs is 1. The number of nitrogens with zero attached hydrogens (tertiary/aromatic N) is 2. The largest absolute Gasteiger partial charge is 0.491 e.